The maximum absolute atomic E-state index is 13.1. The molecule has 4 N–H and O–H groups in total. The van der Waals surface area contributed by atoms with Crippen LogP contribution in [-0.2, 0) is 10.0 Å². The summed E-state index contributed by atoms with van der Waals surface area (Å²) < 4.78 is 63.8. The Bertz CT molecular complexity index is 576. The average Bonchev–Trinajstić information content (AvgIpc) is 2.31. The van der Waals surface area contributed by atoms with Crippen molar-refractivity contribution in [2.45, 2.75) is 17.7 Å². The van der Waals surface area contributed by atoms with Gasteiger partial charge in [0, 0.05) is 0 Å². The third kappa shape index (κ3) is 3.82. The van der Waals surface area contributed by atoms with E-state index in [1.54, 1.807) is 4.72 Å². The number of nitrogens with two attached hydrogens (primary N) is 1. The van der Waals surface area contributed by atoms with Crippen molar-refractivity contribution in [3.05, 3.63) is 23.5 Å². The van der Waals surface area contributed by atoms with E-state index in [-0.39, 0.29) is 10.5 Å². The Hall–Kier alpha value is -1.32. The van der Waals surface area contributed by atoms with Gasteiger partial charge in [0.2, 0.25) is 10.0 Å². The Labute approximate surface area is 108 Å². The molecule has 9 heteroatoms. The minimum absolute atomic E-state index is 0.0338. The molecule has 0 unspecified atom stereocenters. The Kier molecular flexibility index (Phi) is 4.43. The highest BCUT2D eigenvalue weighted by atomic mass is 32.2. The number of hydrogen-bond acceptors (Lipinski definition) is 4. The van der Waals surface area contributed by atoms with E-state index in [1.165, 1.54) is 6.92 Å². The fourth-order valence-electron chi connectivity index (χ4n) is 1.29. The first-order valence-electron chi connectivity index (χ1n) is 5.13. The number of halogens is 3. The zero-order chi connectivity index (χ0) is 14.8. The summed E-state index contributed by atoms with van der Waals surface area (Å²) in [5.74, 6) is -4.37. The van der Waals surface area contributed by atoms with Gasteiger partial charge in [0.05, 0.1) is 17.1 Å². The number of aliphatic hydroxyl groups excluding tert-OH is 1. The molecule has 0 saturated carbocycles. The maximum Gasteiger partial charge on any atom is 0.283 e. The summed E-state index contributed by atoms with van der Waals surface area (Å²) in [6, 6.07) is 1.75. The molecule has 0 heterocycles. The first kappa shape index (κ1) is 15.7. The number of nitrogens with one attached hydrogen (secondary N) is 1. The highest BCUT2D eigenvalue weighted by molar-refractivity contribution is 7.89. The summed E-state index contributed by atoms with van der Waals surface area (Å²) in [5, 5.41) is 8.34. The standard InChI is InChI=1S/C10H13F3N2O3S/c1-6-2-7(11)8(14)3-9(6)19(17,18)15-4-10(12,13)5-16/h2-3,15-16H,4-5,14H2,1H3. The number of sulfonamides is 1. The number of anilines is 1. The van der Waals surface area contributed by atoms with Gasteiger partial charge in [0.1, 0.15) is 12.4 Å². The third-order valence-corrected chi connectivity index (χ3v) is 3.88. The average molecular weight is 298 g/mol. The molecule has 0 atom stereocenters. The van der Waals surface area contributed by atoms with Crippen molar-refractivity contribution in [3.63, 3.8) is 0 Å². The van der Waals surface area contributed by atoms with Gasteiger partial charge in [-0.1, -0.05) is 0 Å². The molecular formula is C10H13F3N2O3S. The highest BCUT2D eigenvalue weighted by Crippen LogP contribution is 2.22. The molecule has 108 valence electrons. The van der Waals surface area contributed by atoms with Gasteiger partial charge < -0.3 is 10.8 Å². The van der Waals surface area contributed by atoms with Crippen LogP contribution in [0.25, 0.3) is 0 Å². The van der Waals surface area contributed by atoms with Crippen LogP contribution in [0.3, 0.4) is 0 Å². The lowest BCUT2D eigenvalue weighted by Gasteiger charge is -2.15. The Morgan fingerprint density at radius 1 is 1.42 bits per heavy atom. The summed E-state index contributed by atoms with van der Waals surface area (Å²) in [6.07, 6.45) is 0. The number of rotatable bonds is 5. The molecule has 0 aromatic heterocycles. The zero-order valence-corrected chi connectivity index (χ0v) is 10.8. The lowest BCUT2D eigenvalue weighted by molar-refractivity contribution is -0.0437. The molecule has 0 radical (unpaired) electrons. The monoisotopic (exact) mass is 298 g/mol. The Balaban J connectivity index is 3.05. The summed E-state index contributed by atoms with van der Waals surface area (Å²) >= 11 is 0. The van der Waals surface area contributed by atoms with Crippen molar-refractivity contribution in [3.8, 4) is 0 Å². The third-order valence-electron chi connectivity index (χ3n) is 2.34. The second-order valence-corrected chi connectivity index (χ2v) is 5.71. The number of aryl methyl sites for hydroxylation is 1. The van der Waals surface area contributed by atoms with Gasteiger partial charge in [-0.2, -0.15) is 0 Å². The topological polar surface area (TPSA) is 92.4 Å². The molecule has 0 aliphatic heterocycles. The Morgan fingerprint density at radius 2 is 2.00 bits per heavy atom. The van der Waals surface area contributed by atoms with Crippen LogP contribution < -0.4 is 10.5 Å². The van der Waals surface area contributed by atoms with E-state index < -0.39 is 40.6 Å². The van der Waals surface area contributed by atoms with Gasteiger partial charge >= 0.3 is 0 Å². The lowest BCUT2D eigenvalue weighted by atomic mass is 10.2. The number of nitrogen functional groups attached to an aromatic ring is 1. The predicted molar refractivity (Wildman–Crippen MR) is 62.8 cm³/mol. The lowest BCUT2D eigenvalue weighted by Crippen LogP contribution is -2.39. The predicted octanol–water partition coefficient (Wildman–Crippen LogP) is 0.622. The minimum Gasteiger partial charge on any atom is -0.396 e. The molecule has 19 heavy (non-hydrogen) atoms. The molecule has 0 aliphatic carbocycles. The molecule has 0 aliphatic rings. The molecule has 1 aromatic carbocycles. The summed E-state index contributed by atoms with van der Waals surface area (Å²) in [5.41, 5.74) is 4.87. The van der Waals surface area contributed by atoms with E-state index in [1.807, 2.05) is 0 Å². The van der Waals surface area contributed by atoms with Crippen LogP contribution >= 0.6 is 0 Å². The van der Waals surface area contributed by atoms with Crippen molar-refractivity contribution in [1.82, 2.24) is 4.72 Å². The fourth-order valence-corrected chi connectivity index (χ4v) is 2.61. The van der Waals surface area contributed by atoms with Crippen molar-refractivity contribution in [2.75, 3.05) is 18.9 Å². The second-order valence-electron chi connectivity index (χ2n) is 3.98. The van der Waals surface area contributed by atoms with Crippen LogP contribution in [0.1, 0.15) is 5.56 Å². The second kappa shape index (κ2) is 5.35. The van der Waals surface area contributed by atoms with Crippen LogP contribution in [0.15, 0.2) is 17.0 Å². The van der Waals surface area contributed by atoms with Crippen molar-refractivity contribution in [2.24, 2.45) is 0 Å². The number of benzene rings is 1. The van der Waals surface area contributed by atoms with Crippen LogP contribution in [0.2, 0.25) is 0 Å². The van der Waals surface area contributed by atoms with E-state index in [0.717, 1.165) is 12.1 Å². The minimum atomic E-state index is -4.26. The normalized spacial score (nSPS) is 12.7. The van der Waals surface area contributed by atoms with Crippen molar-refractivity contribution in [1.29, 1.82) is 0 Å². The SMILES string of the molecule is Cc1cc(F)c(N)cc1S(=O)(=O)NCC(F)(F)CO. The Morgan fingerprint density at radius 3 is 2.53 bits per heavy atom. The van der Waals surface area contributed by atoms with Crippen molar-refractivity contribution < 1.29 is 26.7 Å². The van der Waals surface area contributed by atoms with Crippen LogP contribution in [0, 0.1) is 12.7 Å². The van der Waals surface area contributed by atoms with Gasteiger partial charge in [-0.05, 0) is 24.6 Å². The van der Waals surface area contributed by atoms with Gasteiger partial charge in [0.25, 0.3) is 5.92 Å². The van der Waals surface area contributed by atoms with E-state index in [4.69, 9.17) is 10.8 Å². The smallest absolute Gasteiger partial charge is 0.283 e. The molecule has 0 spiro atoms. The molecule has 0 bridgehead atoms. The van der Waals surface area contributed by atoms with E-state index in [2.05, 4.69) is 0 Å². The number of alkyl halides is 2. The fraction of sp³-hybridized carbons (Fsp3) is 0.400. The van der Waals surface area contributed by atoms with Crippen LogP contribution in [-0.4, -0.2) is 32.6 Å². The van der Waals surface area contributed by atoms with Crippen molar-refractivity contribution >= 4 is 15.7 Å². The molecule has 1 aromatic rings. The first-order valence-corrected chi connectivity index (χ1v) is 6.61. The molecule has 5 nitrogen and oxygen atoms in total. The quantitative estimate of drug-likeness (QED) is 0.695. The van der Waals surface area contributed by atoms with E-state index >= 15 is 0 Å². The number of hydrogen-bond donors (Lipinski definition) is 3. The summed E-state index contributed by atoms with van der Waals surface area (Å²) in [7, 11) is -4.26. The van der Waals surface area contributed by atoms with Gasteiger partial charge in [-0.25, -0.2) is 26.3 Å². The number of aliphatic hydroxyl groups is 1. The maximum atomic E-state index is 13.1. The molecule has 0 amide bonds. The molecule has 0 fully saturated rings. The van der Waals surface area contributed by atoms with Gasteiger partial charge in [0.15, 0.2) is 0 Å². The zero-order valence-electron chi connectivity index (χ0n) is 9.95. The molecule has 0 saturated heterocycles. The summed E-state index contributed by atoms with van der Waals surface area (Å²) in [4.78, 5) is -0.389. The van der Waals surface area contributed by atoms with E-state index in [9.17, 15) is 21.6 Å². The van der Waals surface area contributed by atoms with Gasteiger partial charge in [-0.3, -0.25) is 0 Å². The van der Waals surface area contributed by atoms with Crippen LogP contribution in [0.4, 0.5) is 18.9 Å². The molecule has 1 rings (SSSR count). The first-order chi connectivity index (χ1) is 8.59. The van der Waals surface area contributed by atoms with Gasteiger partial charge in [-0.15, -0.1) is 0 Å². The van der Waals surface area contributed by atoms with E-state index in [0.29, 0.717) is 0 Å². The highest BCUT2D eigenvalue weighted by Gasteiger charge is 2.30. The largest absolute Gasteiger partial charge is 0.396 e. The molecular weight excluding hydrogens is 285 g/mol. The summed E-state index contributed by atoms with van der Waals surface area (Å²) in [6.45, 7) is -1.44. The van der Waals surface area contributed by atoms with Crippen LogP contribution in [0.5, 0.6) is 0 Å².